The van der Waals surface area contributed by atoms with Crippen LogP contribution in [0.25, 0.3) is 5.70 Å². The average molecular weight is 503 g/mol. The molecule has 0 radical (unpaired) electrons. The second kappa shape index (κ2) is 11.4. The average Bonchev–Trinajstić information content (AvgIpc) is 3.16. The molecule has 1 aromatic carbocycles. The van der Waals surface area contributed by atoms with Crippen molar-refractivity contribution in [1.82, 2.24) is 15.1 Å². The van der Waals surface area contributed by atoms with Crippen LogP contribution >= 0.6 is 8.86 Å². The lowest BCUT2D eigenvalue weighted by Gasteiger charge is -2.27. The number of aryl methyl sites for hydroxylation is 1. The zero-order valence-electron chi connectivity index (χ0n) is 21.7. The van der Waals surface area contributed by atoms with Crippen LogP contribution in [-0.2, 0) is 17.6 Å². The highest BCUT2D eigenvalue weighted by Crippen LogP contribution is 2.34. The molecule has 7 nitrogen and oxygen atoms in total. The first-order chi connectivity index (χ1) is 17.1. The van der Waals surface area contributed by atoms with Crippen LogP contribution in [0.1, 0.15) is 44.5 Å². The monoisotopic (exact) mass is 502 g/mol. The van der Waals surface area contributed by atoms with Crippen LogP contribution in [-0.4, -0.2) is 33.2 Å². The third-order valence-electron chi connectivity index (χ3n) is 6.15. The van der Waals surface area contributed by atoms with Crippen LogP contribution in [0.4, 0.5) is 11.5 Å². The Kier molecular flexibility index (Phi) is 8.49. The molecular formula is C28H35N6OP. The Bertz CT molecular complexity index is 1340. The SMILES string of the molecule is C=C1C(=C)C(Nc2cccc(CCNC(=O)/C(C)=N/c3c(CC)c(C)nn3/C(=C\C)C(C)=P)c2)=C1N. The number of anilines is 1. The van der Waals surface area contributed by atoms with Gasteiger partial charge in [0.05, 0.1) is 22.8 Å². The summed E-state index contributed by atoms with van der Waals surface area (Å²) in [4.78, 5) is 17.5. The molecule has 0 fully saturated rings. The lowest BCUT2D eigenvalue weighted by molar-refractivity contribution is -0.114. The first-order valence-corrected chi connectivity index (χ1v) is 12.5. The largest absolute Gasteiger partial charge is 0.397 e. The van der Waals surface area contributed by atoms with E-state index in [1.54, 1.807) is 11.6 Å². The Morgan fingerprint density at radius 1 is 1.28 bits per heavy atom. The molecule has 3 rings (SSSR count). The maximum absolute atomic E-state index is 12.8. The Morgan fingerprint density at radius 3 is 2.61 bits per heavy atom. The molecule has 8 heteroatoms. The van der Waals surface area contributed by atoms with Crippen molar-refractivity contribution in [3.05, 3.63) is 82.9 Å². The van der Waals surface area contributed by atoms with E-state index >= 15 is 0 Å². The number of nitrogens with two attached hydrogens (primary N) is 1. The predicted molar refractivity (Wildman–Crippen MR) is 154 cm³/mol. The third kappa shape index (κ3) is 5.58. The van der Waals surface area contributed by atoms with Crippen LogP contribution in [0.2, 0.25) is 0 Å². The molecule has 1 aromatic heterocycles. The number of hydrogen-bond donors (Lipinski definition) is 3. The molecule has 4 N–H and O–H groups in total. The molecule has 0 spiro atoms. The highest BCUT2D eigenvalue weighted by Gasteiger charge is 2.23. The summed E-state index contributed by atoms with van der Waals surface area (Å²) >= 11 is 0. The number of carbonyl (C=O) groups is 1. The molecule has 1 amide bonds. The Balaban J connectivity index is 1.68. The summed E-state index contributed by atoms with van der Waals surface area (Å²) in [5, 5.41) is 11.9. The Labute approximate surface area is 215 Å². The van der Waals surface area contributed by atoms with Gasteiger partial charge in [0.2, 0.25) is 0 Å². The van der Waals surface area contributed by atoms with Gasteiger partial charge in [-0.05, 0) is 63.5 Å². The number of carbonyl (C=O) groups excluding carboxylic acids is 1. The van der Waals surface area contributed by atoms with E-state index in [0.29, 0.717) is 30.2 Å². The minimum Gasteiger partial charge on any atom is -0.397 e. The van der Waals surface area contributed by atoms with Gasteiger partial charge in [0.1, 0.15) is 5.71 Å². The number of aromatic nitrogens is 2. The van der Waals surface area contributed by atoms with Crippen LogP contribution < -0.4 is 16.4 Å². The normalized spacial score (nSPS) is 14.1. The molecule has 0 saturated heterocycles. The van der Waals surface area contributed by atoms with Crippen molar-refractivity contribution >= 4 is 43.0 Å². The smallest absolute Gasteiger partial charge is 0.265 e. The summed E-state index contributed by atoms with van der Waals surface area (Å²) in [5.74, 6) is 0.473. The number of rotatable bonds is 10. The zero-order chi connectivity index (χ0) is 26.6. The topological polar surface area (TPSA) is 97.3 Å². The molecule has 36 heavy (non-hydrogen) atoms. The molecule has 2 aromatic rings. The molecule has 0 atom stereocenters. The highest BCUT2D eigenvalue weighted by atomic mass is 31.0. The molecule has 0 aliphatic heterocycles. The summed E-state index contributed by atoms with van der Waals surface area (Å²) in [6.07, 6.45) is 3.41. The fourth-order valence-corrected chi connectivity index (χ4v) is 4.31. The molecule has 0 bridgehead atoms. The van der Waals surface area contributed by atoms with Crippen LogP contribution in [0, 0.1) is 6.92 Å². The van der Waals surface area contributed by atoms with Gasteiger partial charge in [-0.25, -0.2) is 9.67 Å². The highest BCUT2D eigenvalue weighted by molar-refractivity contribution is 7.23. The van der Waals surface area contributed by atoms with Gasteiger partial charge >= 0.3 is 0 Å². The Hall–Kier alpha value is -3.70. The van der Waals surface area contributed by atoms with E-state index in [9.17, 15) is 4.79 Å². The molecular weight excluding hydrogens is 467 g/mol. The quantitative estimate of drug-likeness (QED) is 0.311. The molecule has 188 valence electrons. The van der Waals surface area contributed by atoms with Gasteiger partial charge in [0.15, 0.2) is 5.82 Å². The van der Waals surface area contributed by atoms with E-state index in [4.69, 9.17) is 10.7 Å². The van der Waals surface area contributed by atoms with Crippen molar-refractivity contribution in [3.63, 3.8) is 0 Å². The van der Waals surface area contributed by atoms with Gasteiger partial charge < -0.3 is 16.4 Å². The van der Waals surface area contributed by atoms with Crippen molar-refractivity contribution in [2.45, 2.75) is 47.5 Å². The van der Waals surface area contributed by atoms with E-state index in [0.717, 1.165) is 56.8 Å². The van der Waals surface area contributed by atoms with E-state index in [1.807, 2.05) is 51.1 Å². The lowest BCUT2D eigenvalue weighted by Crippen LogP contribution is -2.31. The van der Waals surface area contributed by atoms with E-state index in [2.05, 4.69) is 44.7 Å². The van der Waals surface area contributed by atoms with Gasteiger partial charge in [-0.15, -0.1) is 8.86 Å². The van der Waals surface area contributed by atoms with Gasteiger partial charge in [0, 0.05) is 28.9 Å². The number of hydrogen-bond acceptors (Lipinski definition) is 5. The fourth-order valence-electron chi connectivity index (χ4n) is 4.06. The molecule has 1 heterocycles. The predicted octanol–water partition coefficient (Wildman–Crippen LogP) is 5.11. The Morgan fingerprint density at radius 2 is 2.00 bits per heavy atom. The van der Waals surface area contributed by atoms with Gasteiger partial charge in [-0.3, -0.25) is 4.79 Å². The maximum Gasteiger partial charge on any atom is 0.265 e. The minimum absolute atomic E-state index is 0.208. The van der Waals surface area contributed by atoms with Crippen molar-refractivity contribution < 1.29 is 4.79 Å². The van der Waals surface area contributed by atoms with Crippen molar-refractivity contribution in [1.29, 1.82) is 0 Å². The number of benzene rings is 1. The van der Waals surface area contributed by atoms with Gasteiger partial charge in [-0.2, -0.15) is 5.10 Å². The van der Waals surface area contributed by atoms with Crippen molar-refractivity contribution in [2.75, 3.05) is 11.9 Å². The third-order valence-corrected chi connectivity index (χ3v) is 6.41. The van der Waals surface area contributed by atoms with Gasteiger partial charge in [-0.1, -0.05) is 38.3 Å². The second-order valence-electron chi connectivity index (χ2n) is 8.73. The van der Waals surface area contributed by atoms with Crippen molar-refractivity contribution in [3.8, 4) is 0 Å². The maximum atomic E-state index is 12.8. The summed E-state index contributed by atoms with van der Waals surface area (Å²) in [7, 11) is 3.61. The molecule has 0 unspecified atom stereocenters. The van der Waals surface area contributed by atoms with E-state index in [-0.39, 0.29) is 5.91 Å². The first kappa shape index (κ1) is 26.9. The zero-order valence-corrected chi connectivity index (χ0v) is 22.7. The minimum atomic E-state index is -0.208. The molecule has 1 aliphatic rings. The summed E-state index contributed by atoms with van der Waals surface area (Å²) < 4.78 is 1.79. The summed E-state index contributed by atoms with van der Waals surface area (Å²) in [5.41, 5.74) is 14.2. The number of aliphatic imine (C=N–C) groups is 1. The lowest BCUT2D eigenvalue weighted by atomic mass is 9.90. The number of amides is 1. The van der Waals surface area contributed by atoms with Crippen LogP contribution in [0.5, 0.6) is 0 Å². The van der Waals surface area contributed by atoms with Crippen LogP contribution in [0.3, 0.4) is 0 Å². The van der Waals surface area contributed by atoms with E-state index < -0.39 is 0 Å². The number of nitrogens with one attached hydrogen (secondary N) is 2. The summed E-state index contributed by atoms with van der Waals surface area (Å²) in [6, 6.07) is 8.00. The fraction of sp³-hybridized carbons (Fsp3) is 0.286. The van der Waals surface area contributed by atoms with Crippen molar-refractivity contribution in [2.24, 2.45) is 10.7 Å². The number of nitrogens with zero attached hydrogens (tertiary/aromatic N) is 3. The molecule has 1 aliphatic carbocycles. The first-order valence-electron chi connectivity index (χ1n) is 12.0. The summed E-state index contributed by atoms with van der Waals surface area (Å²) in [6.45, 7) is 18.0. The van der Waals surface area contributed by atoms with Crippen LogP contribution in [0.15, 0.2) is 71.0 Å². The standard InChI is InChI=1S/C28H35N6OP/c1-8-23-18(5)33-34(24(9-2)20(7)36)27(23)31-19(6)28(35)30-14-13-21-11-10-12-22(15-21)32-26-17(4)16(3)25(26)29/h9-12,15,32,36H,3-4,8,13-14,29H2,1-2,5-7H3,(H,30,35)/b24-9-,31-19+. The van der Waals surface area contributed by atoms with E-state index in [1.165, 1.54) is 0 Å². The second-order valence-corrected chi connectivity index (χ2v) is 9.48. The molecule has 0 saturated carbocycles. The van der Waals surface area contributed by atoms with Gasteiger partial charge in [0.25, 0.3) is 5.91 Å². The number of allylic oxidation sites excluding steroid dienone is 4.